The number of likely N-dealkylation sites (tertiary alicyclic amines) is 1. The van der Waals surface area contributed by atoms with Crippen LogP contribution in [0, 0.1) is 5.92 Å². The minimum Gasteiger partial charge on any atom is -0.381 e. The van der Waals surface area contributed by atoms with Gasteiger partial charge in [0.25, 0.3) is 0 Å². The van der Waals surface area contributed by atoms with E-state index >= 15 is 0 Å². The van der Waals surface area contributed by atoms with Crippen LogP contribution >= 0.6 is 12.4 Å². The molecule has 0 aromatic heterocycles. The molecule has 94 valence electrons. The summed E-state index contributed by atoms with van der Waals surface area (Å²) in [4.78, 5) is 13.9. The van der Waals surface area contributed by atoms with Crippen molar-refractivity contribution >= 4 is 18.3 Å². The smallest absolute Gasteiger partial charge is 0.239 e. The van der Waals surface area contributed by atoms with Gasteiger partial charge in [-0.3, -0.25) is 4.79 Å². The number of rotatable bonds is 4. The van der Waals surface area contributed by atoms with E-state index in [9.17, 15) is 4.79 Å². The predicted molar refractivity (Wildman–Crippen MR) is 64.8 cm³/mol. The Morgan fingerprint density at radius 1 is 1.50 bits per heavy atom. The van der Waals surface area contributed by atoms with Gasteiger partial charge in [0.2, 0.25) is 5.91 Å². The molecule has 2 fully saturated rings. The first-order valence-electron chi connectivity index (χ1n) is 5.91. The van der Waals surface area contributed by atoms with Gasteiger partial charge in [0, 0.05) is 25.6 Å². The fourth-order valence-electron chi connectivity index (χ4n) is 2.17. The number of hydrogen-bond donors (Lipinski definition) is 1. The lowest BCUT2D eigenvalue weighted by Gasteiger charge is -2.30. The molecule has 0 spiro atoms. The van der Waals surface area contributed by atoms with Crippen LogP contribution in [-0.4, -0.2) is 49.7 Å². The topological polar surface area (TPSA) is 41.6 Å². The zero-order chi connectivity index (χ0) is 10.7. The molecule has 2 aliphatic rings. The van der Waals surface area contributed by atoms with Crippen molar-refractivity contribution < 1.29 is 9.53 Å². The van der Waals surface area contributed by atoms with Gasteiger partial charge in [-0.25, -0.2) is 0 Å². The monoisotopic (exact) mass is 248 g/mol. The van der Waals surface area contributed by atoms with Crippen LogP contribution in [0.15, 0.2) is 0 Å². The first kappa shape index (κ1) is 13.7. The largest absolute Gasteiger partial charge is 0.381 e. The number of carbonyl (C=O) groups excluding carboxylic acids is 1. The standard InChI is InChI=1S/C11H20N2O2.ClH/c1-2-15-8-9-4-6-13(7-9)11(14)10-3-5-12-10;/h9-10,12H,2-8H2,1H3;1H/t9?,10-;/m1./s1. The van der Waals surface area contributed by atoms with E-state index in [1.807, 2.05) is 11.8 Å². The molecule has 2 atom stereocenters. The molecule has 2 heterocycles. The highest BCUT2D eigenvalue weighted by Gasteiger charge is 2.33. The summed E-state index contributed by atoms with van der Waals surface area (Å²) >= 11 is 0. The van der Waals surface area contributed by atoms with Crippen LogP contribution in [0.25, 0.3) is 0 Å². The Morgan fingerprint density at radius 2 is 2.25 bits per heavy atom. The molecule has 0 aromatic rings. The summed E-state index contributed by atoms with van der Waals surface area (Å²) in [5.41, 5.74) is 0. The third kappa shape index (κ3) is 3.09. The zero-order valence-corrected chi connectivity index (χ0v) is 10.6. The molecule has 2 aliphatic heterocycles. The number of halogens is 1. The predicted octanol–water partition coefficient (Wildman–Crippen LogP) is 0.655. The molecule has 4 nitrogen and oxygen atoms in total. The minimum atomic E-state index is 0. The molecule has 2 saturated heterocycles. The summed E-state index contributed by atoms with van der Waals surface area (Å²) < 4.78 is 5.39. The summed E-state index contributed by atoms with van der Waals surface area (Å²) in [5, 5.41) is 3.16. The molecule has 0 bridgehead atoms. The highest BCUT2D eigenvalue weighted by Crippen LogP contribution is 2.19. The third-order valence-corrected chi connectivity index (χ3v) is 3.28. The fourth-order valence-corrected chi connectivity index (χ4v) is 2.17. The summed E-state index contributed by atoms with van der Waals surface area (Å²) in [6, 6.07) is 0.107. The lowest BCUT2D eigenvalue weighted by molar-refractivity contribution is -0.134. The Morgan fingerprint density at radius 3 is 2.81 bits per heavy atom. The molecular weight excluding hydrogens is 228 g/mol. The molecule has 2 rings (SSSR count). The minimum absolute atomic E-state index is 0. The Hall–Kier alpha value is -0.320. The average molecular weight is 249 g/mol. The molecule has 0 aromatic carbocycles. The van der Waals surface area contributed by atoms with Gasteiger partial charge in [-0.1, -0.05) is 0 Å². The van der Waals surface area contributed by atoms with Crippen LogP contribution in [0.5, 0.6) is 0 Å². The van der Waals surface area contributed by atoms with Gasteiger partial charge in [-0.15, -0.1) is 12.4 Å². The quantitative estimate of drug-likeness (QED) is 0.795. The molecule has 5 heteroatoms. The van der Waals surface area contributed by atoms with Crippen molar-refractivity contribution in [2.45, 2.75) is 25.8 Å². The molecule has 0 saturated carbocycles. The highest BCUT2D eigenvalue weighted by atomic mass is 35.5. The summed E-state index contributed by atoms with van der Waals surface area (Å²) in [7, 11) is 0. The van der Waals surface area contributed by atoms with E-state index in [0.717, 1.165) is 45.7 Å². The van der Waals surface area contributed by atoms with E-state index in [4.69, 9.17) is 4.74 Å². The van der Waals surface area contributed by atoms with Crippen LogP contribution < -0.4 is 5.32 Å². The van der Waals surface area contributed by atoms with E-state index in [1.165, 1.54) is 0 Å². The average Bonchev–Trinajstić information content (AvgIpc) is 2.60. The number of nitrogens with zero attached hydrogens (tertiary/aromatic N) is 1. The SMILES string of the molecule is CCOCC1CCN(C(=O)[C@H]2CCN2)C1.Cl. The van der Waals surface area contributed by atoms with Gasteiger partial charge in [0.15, 0.2) is 0 Å². The normalized spacial score (nSPS) is 28.4. The van der Waals surface area contributed by atoms with Crippen molar-refractivity contribution in [3.05, 3.63) is 0 Å². The fraction of sp³-hybridized carbons (Fsp3) is 0.909. The maximum absolute atomic E-state index is 11.9. The van der Waals surface area contributed by atoms with E-state index < -0.39 is 0 Å². The van der Waals surface area contributed by atoms with E-state index in [0.29, 0.717) is 11.8 Å². The summed E-state index contributed by atoms with van der Waals surface area (Å²) in [6.07, 6.45) is 2.10. The van der Waals surface area contributed by atoms with Crippen LogP contribution in [-0.2, 0) is 9.53 Å². The first-order chi connectivity index (χ1) is 7.31. The second-order valence-corrected chi connectivity index (χ2v) is 4.39. The van der Waals surface area contributed by atoms with Gasteiger partial charge in [0.1, 0.15) is 0 Å². The van der Waals surface area contributed by atoms with Gasteiger partial charge in [0.05, 0.1) is 12.6 Å². The van der Waals surface area contributed by atoms with Crippen LogP contribution in [0.2, 0.25) is 0 Å². The first-order valence-corrected chi connectivity index (χ1v) is 5.91. The van der Waals surface area contributed by atoms with Gasteiger partial charge >= 0.3 is 0 Å². The van der Waals surface area contributed by atoms with Crippen molar-refractivity contribution in [1.29, 1.82) is 0 Å². The van der Waals surface area contributed by atoms with Crippen molar-refractivity contribution in [3.63, 3.8) is 0 Å². The van der Waals surface area contributed by atoms with Crippen LogP contribution in [0.3, 0.4) is 0 Å². The Balaban J connectivity index is 0.00000128. The van der Waals surface area contributed by atoms with E-state index in [-0.39, 0.29) is 18.4 Å². The lowest BCUT2D eigenvalue weighted by atomic mass is 10.1. The molecule has 0 radical (unpaired) electrons. The lowest BCUT2D eigenvalue weighted by Crippen LogP contribution is -2.53. The maximum Gasteiger partial charge on any atom is 0.239 e. The molecule has 1 unspecified atom stereocenters. The van der Waals surface area contributed by atoms with Crippen LogP contribution in [0.4, 0.5) is 0 Å². The summed E-state index contributed by atoms with van der Waals surface area (Å²) in [6.45, 7) is 6.38. The number of nitrogens with one attached hydrogen (secondary N) is 1. The number of ether oxygens (including phenoxy) is 1. The molecule has 0 aliphatic carbocycles. The molecule has 1 N–H and O–H groups in total. The number of hydrogen-bond acceptors (Lipinski definition) is 3. The Kier molecular flexibility index (Phi) is 5.52. The number of amides is 1. The molecular formula is C11H21ClN2O2. The van der Waals surface area contributed by atoms with Crippen LogP contribution in [0.1, 0.15) is 19.8 Å². The maximum atomic E-state index is 11.9. The Bertz CT molecular complexity index is 234. The zero-order valence-electron chi connectivity index (χ0n) is 9.78. The third-order valence-electron chi connectivity index (χ3n) is 3.28. The van der Waals surface area contributed by atoms with Crippen molar-refractivity contribution in [2.75, 3.05) is 32.8 Å². The van der Waals surface area contributed by atoms with Crippen molar-refractivity contribution in [1.82, 2.24) is 10.2 Å². The highest BCUT2D eigenvalue weighted by molar-refractivity contribution is 5.85. The van der Waals surface area contributed by atoms with E-state index in [2.05, 4.69) is 5.32 Å². The Labute approximate surface area is 103 Å². The second-order valence-electron chi connectivity index (χ2n) is 4.39. The second kappa shape index (κ2) is 6.42. The number of carbonyl (C=O) groups is 1. The summed E-state index contributed by atoms with van der Waals surface area (Å²) in [5.74, 6) is 0.842. The van der Waals surface area contributed by atoms with Crippen molar-refractivity contribution in [2.24, 2.45) is 5.92 Å². The van der Waals surface area contributed by atoms with E-state index in [1.54, 1.807) is 0 Å². The van der Waals surface area contributed by atoms with Gasteiger partial charge < -0.3 is 15.0 Å². The van der Waals surface area contributed by atoms with Gasteiger partial charge in [-0.2, -0.15) is 0 Å². The van der Waals surface area contributed by atoms with Gasteiger partial charge in [-0.05, 0) is 26.3 Å². The molecule has 1 amide bonds. The van der Waals surface area contributed by atoms with Crippen molar-refractivity contribution in [3.8, 4) is 0 Å². The molecule has 16 heavy (non-hydrogen) atoms.